The largest absolute Gasteiger partial charge is 0.497 e. The molecule has 3 heteroatoms. The molecule has 0 radical (unpaired) electrons. The molecule has 0 spiro atoms. The van der Waals surface area contributed by atoms with E-state index in [0.29, 0.717) is 12.0 Å². The van der Waals surface area contributed by atoms with Gasteiger partial charge in [0.1, 0.15) is 11.5 Å². The van der Waals surface area contributed by atoms with E-state index in [0.717, 1.165) is 23.6 Å². The third-order valence-corrected chi connectivity index (χ3v) is 3.10. The Morgan fingerprint density at radius 1 is 1.12 bits per heavy atom. The Kier molecular flexibility index (Phi) is 5.29. The van der Waals surface area contributed by atoms with Crippen molar-refractivity contribution in [1.29, 1.82) is 0 Å². The number of ether oxygens (including phenoxy) is 2. The Bertz CT molecular complexity index is 350. The van der Waals surface area contributed by atoms with Gasteiger partial charge in [-0.3, -0.25) is 0 Å². The van der Waals surface area contributed by atoms with Crippen molar-refractivity contribution in [3.05, 3.63) is 23.8 Å². The first-order chi connectivity index (χ1) is 8.08. The molecule has 0 saturated carbocycles. The SMILES string of the molecule is COc1ccc(OC)c(CNC(C)C(C)C)c1. The molecule has 1 atom stereocenters. The highest BCUT2D eigenvalue weighted by Gasteiger charge is 2.09. The number of nitrogens with one attached hydrogen (secondary N) is 1. The lowest BCUT2D eigenvalue weighted by Gasteiger charge is -2.18. The van der Waals surface area contributed by atoms with Crippen molar-refractivity contribution in [1.82, 2.24) is 5.32 Å². The van der Waals surface area contributed by atoms with E-state index in [1.54, 1.807) is 14.2 Å². The Morgan fingerprint density at radius 2 is 1.82 bits per heavy atom. The average molecular weight is 237 g/mol. The second kappa shape index (κ2) is 6.50. The van der Waals surface area contributed by atoms with Crippen LogP contribution in [0.5, 0.6) is 11.5 Å². The van der Waals surface area contributed by atoms with Crippen molar-refractivity contribution in [2.24, 2.45) is 5.92 Å². The molecule has 1 aromatic carbocycles. The van der Waals surface area contributed by atoms with Crippen molar-refractivity contribution in [2.75, 3.05) is 14.2 Å². The van der Waals surface area contributed by atoms with Crippen molar-refractivity contribution in [3.8, 4) is 11.5 Å². The van der Waals surface area contributed by atoms with Gasteiger partial charge in [-0.15, -0.1) is 0 Å². The molecule has 0 saturated heterocycles. The number of hydrogen-bond donors (Lipinski definition) is 1. The molecule has 0 heterocycles. The lowest BCUT2D eigenvalue weighted by molar-refractivity contribution is 0.387. The molecule has 1 rings (SSSR count). The number of methoxy groups -OCH3 is 2. The second-order valence-corrected chi connectivity index (χ2v) is 4.59. The smallest absolute Gasteiger partial charge is 0.123 e. The number of hydrogen-bond acceptors (Lipinski definition) is 3. The molecule has 0 amide bonds. The van der Waals surface area contributed by atoms with Crippen LogP contribution in [-0.4, -0.2) is 20.3 Å². The summed E-state index contributed by atoms with van der Waals surface area (Å²) >= 11 is 0. The van der Waals surface area contributed by atoms with Crippen molar-refractivity contribution in [2.45, 2.75) is 33.4 Å². The van der Waals surface area contributed by atoms with Crippen LogP contribution in [0.25, 0.3) is 0 Å². The summed E-state index contributed by atoms with van der Waals surface area (Å²) in [6, 6.07) is 6.34. The summed E-state index contributed by atoms with van der Waals surface area (Å²) in [7, 11) is 3.37. The molecule has 1 unspecified atom stereocenters. The van der Waals surface area contributed by atoms with Gasteiger partial charge in [0.25, 0.3) is 0 Å². The van der Waals surface area contributed by atoms with Gasteiger partial charge in [-0.1, -0.05) is 13.8 Å². The van der Waals surface area contributed by atoms with Gasteiger partial charge in [0.05, 0.1) is 14.2 Å². The molecule has 96 valence electrons. The van der Waals surface area contributed by atoms with Crippen LogP contribution in [0.2, 0.25) is 0 Å². The quantitative estimate of drug-likeness (QED) is 0.825. The maximum atomic E-state index is 5.34. The van der Waals surface area contributed by atoms with Gasteiger partial charge in [0.2, 0.25) is 0 Å². The maximum Gasteiger partial charge on any atom is 0.123 e. The zero-order valence-electron chi connectivity index (χ0n) is 11.4. The minimum absolute atomic E-state index is 0.478. The molecule has 1 aromatic rings. The minimum atomic E-state index is 0.478. The van der Waals surface area contributed by atoms with Crippen molar-refractivity contribution in [3.63, 3.8) is 0 Å². The lowest BCUT2D eigenvalue weighted by Crippen LogP contribution is -2.30. The molecular weight excluding hydrogens is 214 g/mol. The second-order valence-electron chi connectivity index (χ2n) is 4.59. The summed E-state index contributed by atoms with van der Waals surface area (Å²) in [6.45, 7) is 7.40. The molecule has 0 fully saturated rings. The summed E-state index contributed by atoms with van der Waals surface area (Å²) in [6.07, 6.45) is 0. The van der Waals surface area contributed by atoms with Crippen LogP contribution in [0, 0.1) is 5.92 Å². The monoisotopic (exact) mass is 237 g/mol. The molecule has 0 aromatic heterocycles. The molecule has 0 aliphatic rings. The van der Waals surface area contributed by atoms with Crippen molar-refractivity contribution >= 4 is 0 Å². The Morgan fingerprint density at radius 3 is 2.35 bits per heavy atom. The predicted molar refractivity (Wildman–Crippen MR) is 70.7 cm³/mol. The molecule has 0 bridgehead atoms. The van der Waals surface area contributed by atoms with Gasteiger partial charge in [0.15, 0.2) is 0 Å². The zero-order chi connectivity index (χ0) is 12.8. The van der Waals surface area contributed by atoms with E-state index in [2.05, 4.69) is 26.1 Å². The van der Waals surface area contributed by atoms with E-state index in [1.807, 2.05) is 18.2 Å². The highest BCUT2D eigenvalue weighted by atomic mass is 16.5. The van der Waals surface area contributed by atoms with Gasteiger partial charge in [-0.2, -0.15) is 0 Å². The van der Waals surface area contributed by atoms with Crippen LogP contribution in [0.3, 0.4) is 0 Å². The molecule has 17 heavy (non-hydrogen) atoms. The van der Waals surface area contributed by atoms with E-state index in [9.17, 15) is 0 Å². The third kappa shape index (κ3) is 3.93. The first-order valence-electron chi connectivity index (χ1n) is 6.02. The lowest BCUT2D eigenvalue weighted by atomic mass is 10.1. The van der Waals surface area contributed by atoms with Crippen LogP contribution in [0.15, 0.2) is 18.2 Å². The normalized spacial score (nSPS) is 12.6. The fourth-order valence-corrected chi connectivity index (χ4v) is 1.53. The van der Waals surface area contributed by atoms with Gasteiger partial charge in [0, 0.05) is 18.2 Å². The molecule has 3 nitrogen and oxygen atoms in total. The van der Waals surface area contributed by atoms with Crippen LogP contribution in [0.1, 0.15) is 26.3 Å². The van der Waals surface area contributed by atoms with Crippen LogP contribution < -0.4 is 14.8 Å². The summed E-state index contributed by atoms with van der Waals surface area (Å²) < 4.78 is 10.6. The highest BCUT2D eigenvalue weighted by molar-refractivity contribution is 5.40. The first-order valence-corrected chi connectivity index (χ1v) is 6.02. The van der Waals surface area contributed by atoms with Gasteiger partial charge < -0.3 is 14.8 Å². The predicted octanol–water partition coefficient (Wildman–Crippen LogP) is 2.84. The maximum absolute atomic E-state index is 5.34. The van der Waals surface area contributed by atoms with E-state index in [4.69, 9.17) is 9.47 Å². The Hall–Kier alpha value is -1.22. The van der Waals surface area contributed by atoms with Gasteiger partial charge in [-0.25, -0.2) is 0 Å². The fraction of sp³-hybridized carbons (Fsp3) is 0.571. The molecule has 0 aliphatic heterocycles. The van der Waals surface area contributed by atoms with E-state index >= 15 is 0 Å². The van der Waals surface area contributed by atoms with E-state index in [1.165, 1.54) is 0 Å². The Labute approximate surface area is 104 Å². The van der Waals surface area contributed by atoms with E-state index < -0.39 is 0 Å². The van der Waals surface area contributed by atoms with Crippen LogP contribution >= 0.6 is 0 Å². The number of benzene rings is 1. The topological polar surface area (TPSA) is 30.5 Å². The molecule has 0 aliphatic carbocycles. The number of rotatable bonds is 6. The molecule has 1 N–H and O–H groups in total. The van der Waals surface area contributed by atoms with E-state index in [-0.39, 0.29) is 0 Å². The fourth-order valence-electron chi connectivity index (χ4n) is 1.53. The average Bonchev–Trinajstić information content (AvgIpc) is 2.35. The summed E-state index contributed by atoms with van der Waals surface area (Å²) in [5, 5.41) is 3.49. The first kappa shape index (κ1) is 13.8. The summed E-state index contributed by atoms with van der Waals surface area (Å²) in [5.74, 6) is 2.38. The standard InChI is InChI=1S/C14H23NO2/c1-10(2)11(3)15-9-12-8-13(16-4)6-7-14(12)17-5/h6-8,10-11,15H,9H2,1-5H3. The summed E-state index contributed by atoms with van der Waals surface area (Å²) in [4.78, 5) is 0. The Balaban J connectivity index is 2.74. The van der Waals surface area contributed by atoms with Gasteiger partial charge >= 0.3 is 0 Å². The zero-order valence-corrected chi connectivity index (χ0v) is 11.4. The van der Waals surface area contributed by atoms with Crippen LogP contribution in [0.4, 0.5) is 0 Å². The van der Waals surface area contributed by atoms with Gasteiger partial charge in [-0.05, 0) is 31.0 Å². The molecular formula is C14H23NO2. The highest BCUT2D eigenvalue weighted by Crippen LogP contribution is 2.23. The minimum Gasteiger partial charge on any atom is -0.497 e. The van der Waals surface area contributed by atoms with Crippen LogP contribution in [-0.2, 0) is 6.54 Å². The van der Waals surface area contributed by atoms with Crippen molar-refractivity contribution < 1.29 is 9.47 Å². The summed E-state index contributed by atoms with van der Waals surface area (Å²) in [5.41, 5.74) is 1.12. The third-order valence-electron chi connectivity index (χ3n) is 3.10.